The van der Waals surface area contributed by atoms with E-state index in [0.717, 1.165) is 23.6 Å². The van der Waals surface area contributed by atoms with E-state index in [9.17, 15) is 0 Å². The minimum absolute atomic E-state index is 0. The second-order valence-electron chi connectivity index (χ2n) is 6.69. The highest BCUT2D eigenvalue weighted by Gasteiger charge is 2.25. The second-order valence-corrected chi connectivity index (χ2v) is 6.69. The Balaban J connectivity index is 0.00000320. The molecular weight excluding hydrogens is 501 g/mol. The SMILES string of the molecule is CN=C(NCc1cc(OC)c(OC)c(OC)c1)N1CCOC(c2cnn(C)c2)C1.I. The summed E-state index contributed by atoms with van der Waals surface area (Å²) in [7, 11) is 8.50. The van der Waals surface area contributed by atoms with Crippen LogP contribution in [0.25, 0.3) is 0 Å². The Morgan fingerprint density at radius 1 is 1.23 bits per heavy atom. The topological polar surface area (TPSA) is 82.4 Å². The first-order valence-corrected chi connectivity index (χ1v) is 9.44. The number of aliphatic imine (C=N–C) groups is 1. The number of ether oxygens (including phenoxy) is 4. The monoisotopic (exact) mass is 531 g/mol. The van der Waals surface area contributed by atoms with Crippen molar-refractivity contribution in [2.24, 2.45) is 12.0 Å². The molecule has 0 spiro atoms. The number of hydrogen-bond acceptors (Lipinski definition) is 6. The van der Waals surface area contributed by atoms with E-state index in [2.05, 4.69) is 20.3 Å². The zero-order valence-electron chi connectivity index (χ0n) is 18.0. The molecule has 0 amide bonds. The molecule has 1 atom stereocenters. The van der Waals surface area contributed by atoms with Crippen molar-refractivity contribution < 1.29 is 18.9 Å². The first kappa shape index (κ1) is 24.1. The van der Waals surface area contributed by atoms with Crippen LogP contribution >= 0.6 is 24.0 Å². The van der Waals surface area contributed by atoms with Crippen molar-refractivity contribution in [2.45, 2.75) is 12.6 Å². The van der Waals surface area contributed by atoms with Gasteiger partial charge in [-0.2, -0.15) is 5.10 Å². The number of nitrogens with zero attached hydrogens (tertiary/aromatic N) is 4. The van der Waals surface area contributed by atoms with E-state index in [1.807, 2.05) is 31.6 Å². The smallest absolute Gasteiger partial charge is 0.203 e. The largest absolute Gasteiger partial charge is 0.493 e. The number of benzene rings is 1. The number of aromatic nitrogens is 2. The highest BCUT2D eigenvalue weighted by Crippen LogP contribution is 2.38. The summed E-state index contributed by atoms with van der Waals surface area (Å²) in [5.41, 5.74) is 2.06. The number of hydrogen-bond donors (Lipinski definition) is 1. The fraction of sp³-hybridized carbons (Fsp3) is 0.500. The highest BCUT2D eigenvalue weighted by molar-refractivity contribution is 14.0. The summed E-state index contributed by atoms with van der Waals surface area (Å²) in [6.45, 7) is 2.68. The lowest BCUT2D eigenvalue weighted by molar-refractivity contribution is -0.00805. The quantitative estimate of drug-likeness (QED) is 0.348. The summed E-state index contributed by atoms with van der Waals surface area (Å²) in [5, 5.41) is 7.66. The normalized spacial score (nSPS) is 16.6. The van der Waals surface area contributed by atoms with Gasteiger partial charge in [0.05, 0.1) is 40.7 Å². The molecule has 2 heterocycles. The van der Waals surface area contributed by atoms with Crippen molar-refractivity contribution in [3.63, 3.8) is 0 Å². The summed E-state index contributed by atoms with van der Waals surface area (Å²) in [4.78, 5) is 6.64. The standard InChI is InChI=1S/C20H29N5O4.HI/c1-21-20(25-6-7-29-18(13-25)15-11-23-24(2)12-15)22-10-14-8-16(26-3)19(28-5)17(9-14)27-4;/h8-9,11-12,18H,6-7,10,13H2,1-5H3,(H,21,22);1H. The van der Waals surface area contributed by atoms with Crippen molar-refractivity contribution in [2.75, 3.05) is 48.1 Å². The first-order chi connectivity index (χ1) is 14.1. The van der Waals surface area contributed by atoms with Crippen molar-refractivity contribution in [3.05, 3.63) is 35.7 Å². The van der Waals surface area contributed by atoms with Crippen LogP contribution in [0, 0.1) is 0 Å². The number of halogens is 1. The Kier molecular flexibility index (Phi) is 9.03. The molecular formula is C20H30IN5O4. The van der Waals surface area contributed by atoms with Gasteiger partial charge in [0.1, 0.15) is 6.10 Å². The Morgan fingerprint density at radius 3 is 2.47 bits per heavy atom. The Morgan fingerprint density at radius 2 is 1.93 bits per heavy atom. The molecule has 2 aromatic rings. The van der Waals surface area contributed by atoms with Crippen molar-refractivity contribution in [3.8, 4) is 17.2 Å². The third kappa shape index (κ3) is 5.48. The average Bonchev–Trinajstić information content (AvgIpc) is 3.20. The van der Waals surface area contributed by atoms with Gasteiger partial charge in [0.2, 0.25) is 5.75 Å². The molecule has 3 rings (SSSR count). The third-order valence-corrected chi connectivity index (χ3v) is 4.85. The van der Waals surface area contributed by atoms with Crippen LogP contribution in [-0.4, -0.2) is 68.7 Å². The Hall–Kier alpha value is -2.21. The average molecular weight is 531 g/mol. The minimum atomic E-state index is -0.0304. The molecule has 30 heavy (non-hydrogen) atoms. The molecule has 1 fully saturated rings. The van der Waals surface area contributed by atoms with Crippen LogP contribution in [0.3, 0.4) is 0 Å². The van der Waals surface area contributed by atoms with Crippen LogP contribution in [0.2, 0.25) is 0 Å². The molecule has 0 radical (unpaired) electrons. The summed E-state index contributed by atoms with van der Waals surface area (Å²) in [6, 6.07) is 3.86. The second kappa shape index (κ2) is 11.3. The molecule has 0 bridgehead atoms. The van der Waals surface area contributed by atoms with Crippen LogP contribution < -0.4 is 19.5 Å². The maximum absolute atomic E-state index is 5.93. The fourth-order valence-electron chi connectivity index (χ4n) is 3.40. The summed E-state index contributed by atoms with van der Waals surface area (Å²) >= 11 is 0. The zero-order valence-corrected chi connectivity index (χ0v) is 20.4. The Labute approximate surface area is 194 Å². The molecule has 1 aromatic carbocycles. The summed E-state index contributed by atoms with van der Waals surface area (Å²) in [5.74, 6) is 2.65. The van der Waals surface area contributed by atoms with Crippen LogP contribution in [0.1, 0.15) is 17.2 Å². The molecule has 1 unspecified atom stereocenters. The molecule has 0 saturated carbocycles. The number of nitrogens with one attached hydrogen (secondary N) is 1. The Bertz CT molecular complexity index is 832. The highest BCUT2D eigenvalue weighted by atomic mass is 127. The van der Waals surface area contributed by atoms with Crippen molar-refractivity contribution >= 4 is 29.9 Å². The molecule has 0 aliphatic carbocycles. The van der Waals surface area contributed by atoms with E-state index < -0.39 is 0 Å². The summed E-state index contributed by atoms with van der Waals surface area (Å²) in [6.07, 6.45) is 3.80. The van der Waals surface area contributed by atoms with Crippen LogP contribution in [0.5, 0.6) is 17.2 Å². The maximum Gasteiger partial charge on any atom is 0.203 e. The van der Waals surface area contributed by atoms with Gasteiger partial charge in [0.25, 0.3) is 0 Å². The fourth-order valence-corrected chi connectivity index (χ4v) is 3.40. The molecule has 1 saturated heterocycles. The number of morpholine rings is 1. The van der Waals surface area contributed by atoms with Gasteiger partial charge in [-0.1, -0.05) is 0 Å². The van der Waals surface area contributed by atoms with E-state index in [-0.39, 0.29) is 30.1 Å². The van der Waals surface area contributed by atoms with Crippen molar-refractivity contribution in [1.82, 2.24) is 20.0 Å². The maximum atomic E-state index is 5.93. The van der Waals surface area contributed by atoms with Crippen molar-refractivity contribution in [1.29, 1.82) is 0 Å². The predicted octanol–water partition coefficient (Wildman–Crippen LogP) is 2.21. The van der Waals surface area contributed by atoms with Gasteiger partial charge in [0, 0.05) is 38.9 Å². The number of rotatable bonds is 6. The van der Waals surface area contributed by atoms with Gasteiger partial charge < -0.3 is 29.2 Å². The van der Waals surface area contributed by atoms with Gasteiger partial charge in [-0.25, -0.2) is 0 Å². The lowest BCUT2D eigenvalue weighted by Crippen LogP contribution is -2.47. The molecule has 166 valence electrons. The number of methoxy groups -OCH3 is 3. The lowest BCUT2D eigenvalue weighted by Gasteiger charge is -2.34. The van der Waals surface area contributed by atoms with Crippen LogP contribution in [-0.2, 0) is 18.3 Å². The van der Waals surface area contributed by atoms with E-state index >= 15 is 0 Å². The third-order valence-electron chi connectivity index (χ3n) is 4.85. The van der Waals surface area contributed by atoms with Gasteiger partial charge in [-0.05, 0) is 17.7 Å². The molecule has 9 nitrogen and oxygen atoms in total. The molecule has 10 heteroatoms. The van der Waals surface area contributed by atoms with Crippen LogP contribution in [0.4, 0.5) is 0 Å². The van der Waals surface area contributed by atoms with Crippen LogP contribution in [0.15, 0.2) is 29.5 Å². The van der Waals surface area contributed by atoms with Gasteiger partial charge in [-0.3, -0.25) is 9.67 Å². The lowest BCUT2D eigenvalue weighted by atomic mass is 10.1. The van der Waals surface area contributed by atoms with Gasteiger partial charge >= 0.3 is 0 Å². The molecule has 1 N–H and O–H groups in total. The minimum Gasteiger partial charge on any atom is -0.493 e. The molecule has 1 aliphatic heterocycles. The van der Waals surface area contributed by atoms with Gasteiger partial charge in [0.15, 0.2) is 17.5 Å². The van der Waals surface area contributed by atoms with E-state index in [1.165, 1.54) is 0 Å². The van der Waals surface area contributed by atoms with E-state index in [4.69, 9.17) is 18.9 Å². The zero-order chi connectivity index (χ0) is 20.8. The number of guanidine groups is 1. The summed E-state index contributed by atoms with van der Waals surface area (Å²) < 4.78 is 24.0. The van der Waals surface area contributed by atoms with E-state index in [0.29, 0.717) is 36.9 Å². The molecule has 1 aliphatic rings. The van der Waals surface area contributed by atoms with E-state index in [1.54, 1.807) is 33.1 Å². The molecule has 1 aromatic heterocycles. The van der Waals surface area contributed by atoms with Gasteiger partial charge in [-0.15, -0.1) is 24.0 Å². The number of aryl methyl sites for hydroxylation is 1. The predicted molar refractivity (Wildman–Crippen MR) is 125 cm³/mol. The first-order valence-electron chi connectivity index (χ1n) is 9.44.